The first-order chi connectivity index (χ1) is 8.01. The maximum absolute atomic E-state index is 8.76. The Labute approximate surface area is 107 Å². The number of piperazine rings is 1. The van der Waals surface area contributed by atoms with Crippen molar-refractivity contribution in [2.45, 2.75) is 40.0 Å². The smallest absolute Gasteiger partial charge is 0.0431 e. The van der Waals surface area contributed by atoms with Crippen LogP contribution in [0.5, 0.6) is 0 Å². The van der Waals surface area contributed by atoms with Gasteiger partial charge in [0.15, 0.2) is 0 Å². The van der Waals surface area contributed by atoms with E-state index in [4.69, 9.17) is 5.11 Å². The van der Waals surface area contributed by atoms with Crippen LogP contribution in [0.2, 0.25) is 0 Å². The Balaban J connectivity index is 2.09. The second kappa shape index (κ2) is 7.34. The average molecular weight is 242 g/mol. The molecule has 3 nitrogen and oxygen atoms in total. The first kappa shape index (κ1) is 14.9. The van der Waals surface area contributed by atoms with E-state index in [0.717, 1.165) is 19.4 Å². The Morgan fingerprint density at radius 1 is 0.882 bits per heavy atom. The number of nitrogens with zero attached hydrogens (tertiary/aromatic N) is 2. The number of aliphatic hydroxyl groups is 1. The molecular weight excluding hydrogens is 212 g/mol. The molecule has 102 valence electrons. The third kappa shape index (κ3) is 7.02. The topological polar surface area (TPSA) is 26.7 Å². The van der Waals surface area contributed by atoms with E-state index in [-0.39, 0.29) is 0 Å². The fraction of sp³-hybridized carbons (Fsp3) is 1.00. The summed E-state index contributed by atoms with van der Waals surface area (Å²) in [6, 6.07) is 0. The fourth-order valence-corrected chi connectivity index (χ4v) is 2.18. The third-order valence-corrected chi connectivity index (χ3v) is 3.53. The molecule has 0 amide bonds. The molecule has 1 fully saturated rings. The summed E-state index contributed by atoms with van der Waals surface area (Å²) in [5, 5.41) is 8.76. The molecule has 0 unspecified atom stereocenters. The van der Waals surface area contributed by atoms with Crippen molar-refractivity contribution < 1.29 is 5.11 Å². The lowest BCUT2D eigenvalue weighted by atomic mass is 9.92. The van der Waals surface area contributed by atoms with E-state index < -0.39 is 0 Å². The van der Waals surface area contributed by atoms with E-state index in [1.54, 1.807) is 0 Å². The minimum absolute atomic E-state index is 0.339. The molecule has 1 aliphatic rings. The minimum Gasteiger partial charge on any atom is -0.396 e. The number of hydrogen-bond acceptors (Lipinski definition) is 3. The molecule has 0 aromatic carbocycles. The van der Waals surface area contributed by atoms with Gasteiger partial charge in [0.05, 0.1) is 0 Å². The Morgan fingerprint density at radius 3 is 1.88 bits per heavy atom. The maximum Gasteiger partial charge on any atom is 0.0431 e. The predicted molar refractivity (Wildman–Crippen MR) is 73.3 cm³/mol. The Bertz CT molecular complexity index is 193. The monoisotopic (exact) mass is 242 g/mol. The van der Waals surface area contributed by atoms with Gasteiger partial charge in [-0.25, -0.2) is 0 Å². The second-order valence-electron chi connectivity index (χ2n) is 6.42. The summed E-state index contributed by atoms with van der Waals surface area (Å²) in [6.45, 7) is 14.5. The van der Waals surface area contributed by atoms with E-state index in [1.807, 2.05) is 0 Å². The molecule has 0 bridgehead atoms. The van der Waals surface area contributed by atoms with E-state index >= 15 is 0 Å². The standard InChI is InChI=1S/C14H30N2O/c1-14(2,3)6-8-16-11-9-15(10-12-16)7-4-5-13-17/h17H,4-13H2,1-3H3. The lowest BCUT2D eigenvalue weighted by Gasteiger charge is -2.35. The average Bonchev–Trinajstić information content (AvgIpc) is 2.27. The van der Waals surface area contributed by atoms with Gasteiger partial charge in [-0.05, 0) is 37.8 Å². The summed E-state index contributed by atoms with van der Waals surface area (Å²) >= 11 is 0. The molecule has 1 heterocycles. The molecule has 0 aromatic rings. The van der Waals surface area contributed by atoms with E-state index in [1.165, 1.54) is 39.1 Å². The summed E-state index contributed by atoms with van der Waals surface area (Å²) in [5.41, 5.74) is 0.457. The van der Waals surface area contributed by atoms with Crippen LogP contribution in [-0.2, 0) is 0 Å². The van der Waals surface area contributed by atoms with Crippen molar-refractivity contribution in [3.05, 3.63) is 0 Å². The number of unbranched alkanes of at least 4 members (excludes halogenated alkanes) is 1. The van der Waals surface area contributed by atoms with Crippen molar-refractivity contribution in [3.63, 3.8) is 0 Å². The van der Waals surface area contributed by atoms with Gasteiger partial charge >= 0.3 is 0 Å². The lowest BCUT2D eigenvalue weighted by Crippen LogP contribution is -2.47. The van der Waals surface area contributed by atoms with Gasteiger partial charge in [-0.3, -0.25) is 0 Å². The molecule has 1 rings (SSSR count). The highest BCUT2D eigenvalue weighted by atomic mass is 16.2. The van der Waals surface area contributed by atoms with Crippen molar-refractivity contribution in [3.8, 4) is 0 Å². The minimum atomic E-state index is 0.339. The second-order valence-corrected chi connectivity index (χ2v) is 6.42. The summed E-state index contributed by atoms with van der Waals surface area (Å²) in [7, 11) is 0. The molecule has 0 radical (unpaired) electrons. The van der Waals surface area contributed by atoms with Gasteiger partial charge in [0, 0.05) is 32.8 Å². The number of aliphatic hydroxyl groups excluding tert-OH is 1. The molecule has 3 heteroatoms. The SMILES string of the molecule is CC(C)(C)CCN1CCN(CCCCO)CC1. The molecule has 0 saturated carbocycles. The van der Waals surface area contributed by atoms with Crippen LogP contribution >= 0.6 is 0 Å². The quantitative estimate of drug-likeness (QED) is 0.720. The predicted octanol–water partition coefficient (Wildman–Crippen LogP) is 1.81. The molecule has 17 heavy (non-hydrogen) atoms. The molecule has 1 N–H and O–H groups in total. The van der Waals surface area contributed by atoms with Gasteiger partial charge in [0.25, 0.3) is 0 Å². The molecule has 1 aliphatic heterocycles. The largest absolute Gasteiger partial charge is 0.396 e. The van der Waals surface area contributed by atoms with Gasteiger partial charge in [0.2, 0.25) is 0 Å². The molecule has 0 atom stereocenters. The van der Waals surface area contributed by atoms with E-state index in [0.29, 0.717) is 12.0 Å². The highest BCUT2D eigenvalue weighted by Crippen LogP contribution is 2.19. The van der Waals surface area contributed by atoms with Crippen molar-refractivity contribution in [2.24, 2.45) is 5.41 Å². The van der Waals surface area contributed by atoms with Crippen LogP contribution < -0.4 is 0 Å². The van der Waals surface area contributed by atoms with Gasteiger partial charge in [-0.15, -0.1) is 0 Å². The zero-order chi connectivity index (χ0) is 12.7. The summed E-state index contributed by atoms with van der Waals surface area (Å²) in [6.07, 6.45) is 3.38. The first-order valence-electron chi connectivity index (χ1n) is 7.07. The van der Waals surface area contributed by atoms with Gasteiger partial charge in [0.1, 0.15) is 0 Å². The summed E-state index contributed by atoms with van der Waals surface area (Å²) in [5.74, 6) is 0. The van der Waals surface area contributed by atoms with Gasteiger partial charge in [-0.1, -0.05) is 20.8 Å². The van der Waals surface area contributed by atoms with Crippen LogP contribution in [0.3, 0.4) is 0 Å². The van der Waals surface area contributed by atoms with Gasteiger partial charge < -0.3 is 14.9 Å². The van der Waals surface area contributed by atoms with Crippen LogP contribution in [0, 0.1) is 5.41 Å². The molecule has 0 spiro atoms. The number of hydrogen-bond donors (Lipinski definition) is 1. The Kier molecular flexibility index (Phi) is 6.45. The molecule has 0 aliphatic carbocycles. The van der Waals surface area contributed by atoms with Crippen LogP contribution in [0.1, 0.15) is 40.0 Å². The maximum atomic E-state index is 8.76. The van der Waals surface area contributed by atoms with Crippen LogP contribution in [0.15, 0.2) is 0 Å². The van der Waals surface area contributed by atoms with Gasteiger partial charge in [-0.2, -0.15) is 0 Å². The summed E-state index contributed by atoms with van der Waals surface area (Å²) in [4.78, 5) is 5.12. The van der Waals surface area contributed by atoms with Crippen LogP contribution in [0.4, 0.5) is 0 Å². The van der Waals surface area contributed by atoms with Crippen molar-refractivity contribution in [1.29, 1.82) is 0 Å². The molecule has 0 aromatic heterocycles. The first-order valence-corrected chi connectivity index (χ1v) is 7.07. The molecular formula is C14H30N2O. The van der Waals surface area contributed by atoms with Crippen LogP contribution in [0.25, 0.3) is 0 Å². The van der Waals surface area contributed by atoms with E-state index in [9.17, 15) is 0 Å². The van der Waals surface area contributed by atoms with Crippen molar-refractivity contribution in [1.82, 2.24) is 9.80 Å². The highest BCUT2D eigenvalue weighted by Gasteiger charge is 2.18. The van der Waals surface area contributed by atoms with E-state index in [2.05, 4.69) is 30.6 Å². The third-order valence-electron chi connectivity index (χ3n) is 3.53. The van der Waals surface area contributed by atoms with Crippen molar-refractivity contribution >= 4 is 0 Å². The zero-order valence-electron chi connectivity index (χ0n) is 11.9. The Morgan fingerprint density at radius 2 is 1.41 bits per heavy atom. The number of rotatable bonds is 6. The Hall–Kier alpha value is -0.120. The summed E-state index contributed by atoms with van der Waals surface area (Å²) < 4.78 is 0. The zero-order valence-corrected chi connectivity index (χ0v) is 11.9. The normalized spacial score (nSPS) is 19.8. The van der Waals surface area contributed by atoms with Crippen LogP contribution in [-0.4, -0.2) is 60.8 Å². The lowest BCUT2D eigenvalue weighted by molar-refractivity contribution is 0.118. The molecule has 1 saturated heterocycles. The fourth-order valence-electron chi connectivity index (χ4n) is 2.18. The highest BCUT2D eigenvalue weighted by molar-refractivity contribution is 4.73. The van der Waals surface area contributed by atoms with Crippen molar-refractivity contribution in [2.75, 3.05) is 45.9 Å².